The van der Waals surface area contributed by atoms with Gasteiger partial charge in [-0.1, -0.05) is 0 Å². The Morgan fingerprint density at radius 3 is 2.26 bits per heavy atom. The van der Waals surface area contributed by atoms with Gasteiger partial charge in [0.25, 0.3) is 0 Å². The quantitative estimate of drug-likeness (QED) is 0.643. The van der Waals surface area contributed by atoms with E-state index in [-0.39, 0.29) is 17.1 Å². The van der Waals surface area contributed by atoms with Crippen LogP contribution in [0.4, 0.5) is 0 Å². The van der Waals surface area contributed by atoms with Crippen LogP contribution < -0.4 is 5.59 Å². The molecule has 102 valence electrons. The van der Waals surface area contributed by atoms with E-state index in [9.17, 15) is 9.90 Å². The number of nitrogens with zero attached hydrogens (tertiary/aromatic N) is 1. The molecule has 6 heteroatoms. The van der Waals surface area contributed by atoms with E-state index in [1.807, 2.05) is 27.7 Å². The lowest BCUT2D eigenvalue weighted by molar-refractivity contribution is 0.00578. The number of ketones is 1. The van der Waals surface area contributed by atoms with Gasteiger partial charge in [0, 0.05) is 0 Å². The van der Waals surface area contributed by atoms with Crippen LogP contribution in [-0.4, -0.2) is 34.2 Å². The number of hydrogen-bond donors (Lipinski definition) is 1. The fraction of sp³-hybridized carbons (Fsp3) is 0.538. The Hall–Kier alpha value is -1.40. The molecular weight excluding hydrogens is 245 g/mol. The van der Waals surface area contributed by atoms with Crippen molar-refractivity contribution in [3.8, 4) is 5.75 Å². The van der Waals surface area contributed by atoms with Crippen molar-refractivity contribution in [2.45, 2.75) is 45.8 Å². The van der Waals surface area contributed by atoms with Gasteiger partial charge in [0.05, 0.1) is 28.6 Å². The summed E-state index contributed by atoms with van der Waals surface area (Å²) in [5.41, 5.74) is -0.220. The van der Waals surface area contributed by atoms with Gasteiger partial charge in [-0.2, -0.15) is 0 Å². The Morgan fingerprint density at radius 2 is 1.79 bits per heavy atom. The van der Waals surface area contributed by atoms with Gasteiger partial charge in [-0.15, -0.1) is 0 Å². The van der Waals surface area contributed by atoms with Crippen LogP contribution in [0.15, 0.2) is 12.3 Å². The molecule has 1 saturated heterocycles. The standard InChI is InChI=1S/C13H18BNO4/c1-8(16)9-6-11(15-7-10(9)17)14-18-12(2,3)13(4,5)19-14/h6-7,17H,1-5H3. The summed E-state index contributed by atoms with van der Waals surface area (Å²) >= 11 is 0. The Morgan fingerprint density at radius 1 is 1.26 bits per heavy atom. The minimum Gasteiger partial charge on any atom is -0.506 e. The summed E-state index contributed by atoms with van der Waals surface area (Å²) in [6, 6.07) is 1.51. The number of carbonyl (C=O) groups excluding carboxylic acids is 1. The zero-order valence-electron chi connectivity index (χ0n) is 11.9. The number of aromatic hydroxyl groups is 1. The maximum Gasteiger partial charge on any atom is 0.514 e. The molecule has 1 N–H and O–H groups in total. The van der Waals surface area contributed by atoms with Crippen molar-refractivity contribution >= 4 is 18.5 Å². The van der Waals surface area contributed by atoms with Crippen molar-refractivity contribution < 1.29 is 19.2 Å². The smallest absolute Gasteiger partial charge is 0.506 e. The number of carbonyl (C=O) groups is 1. The third-order valence-corrected chi connectivity index (χ3v) is 3.78. The molecule has 1 fully saturated rings. The lowest BCUT2D eigenvalue weighted by Gasteiger charge is -2.32. The lowest BCUT2D eigenvalue weighted by Crippen LogP contribution is -2.41. The highest BCUT2D eigenvalue weighted by Gasteiger charge is 2.52. The van der Waals surface area contributed by atoms with E-state index in [1.165, 1.54) is 19.2 Å². The highest BCUT2D eigenvalue weighted by atomic mass is 16.7. The molecule has 1 aliphatic rings. The SMILES string of the molecule is CC(=O)c1cc(B2OC(C)(C)C(C)(C)O2)ncc1O. The van der Waals surface area contributed by atoms with E-state index in [4.69, 9.17) is 9.31 Å². The molecule has 0 unspecified atom stereocenters. The summed E-state index contributed by atoms with van der Waals surface area (Å²) in [5, 5.41) is 9.59. The van der Waals surface area contributed by atoms with Gasteiger partial charge in [0.15, 0.2) is 5.78 Å². The van der Waals surface area contributed by atoms with Crippen molar-refractivity contribution in [1.82, 2.24) is 4.98 Å². The lowest BCUT2D eigenvalue weighted by atomic mass is 9.83. The van der Waals surface area contributed by atoms with Gasteiger partial charge in [-0.25, -0.2) is 0 Å². The summed E-state index contributed by atoms with van der Waals surface area (Å²) < 4.78 is 11.7. The number of aromatic nitrogens is 1. The van der Waals surface area contributed by atoms with E-state index >= 15 is 0 Å². The molecule has 0 bridgehead atoms. The summed E-state index contributed by atoms with van der Waals surface area (Å²) in [7, 11) is -0.635. The molecule has 5 nitrogen and oxygen atoms in total. The van der Waals surface area contributed by atoms with Crippen molar-refractivity contribution in [1.29, 1.82) is 0 Å². The highest BCUT2D eigenvalue weighted by molar-refractivity contribution is 6.61. The Labute approximate surface area is 113 Å². The van der Waals surface area contributed by atoms with Crippen molar-refractivity contribution in [2.24, 2.45) is 0 Å². The van der Waals surface area contributed by atoms with E-state index in [0.29, 0.717) is 5.59 Å². The van der Waals surface area contributed by atoms with Crippen molar-refractivity contribution in [2.75, 3.05) is 0 Å². The number of rotatable bonds is 2. The summed E-state index contributed by atoms with van der Waals surface area (Å²) in [4.78, 5) is 15.5. The second-order valence-corrected chi connectivity index (χ2v) is 5.77. The zero-order valence-corrected chi connectivity index (χ0v) is 11.9. The first-order valence-corrected chi connectivity index (χ1v) is 6.19. The van der Waals surface area contributed by atoms with Crippen LogP contribution in [0.5, 0.6) is 5.75 Å². The van der Waals surface area contributed by atoms with E-state index in [2.05, 4.69) is 4.98 Å². The maximum atomic E-state index is 11.4. The van der Waals surface area contributed by atoms with Crippen LogP contribution in [0.3, 0.4) is 0 Å². The molecule has 0 atom stereocenters. The molecule has 2 rings (SSSR count). The fourth-order valence-corrected chi connectivity index (χ4v) is 1.84. The molecule has 0 amide bonds. The van der Waals surface area contributed by atoms with Crippen molar-refractivity contribution in [3.63, 3.8) is 0 Å². The van der Waals surface area contributed by atoms with Crippen LogP contribution in [-0.2, 0) is 9.31 Å². The molecule has 0 radical (unpaired) electrons. The molecule has 1 aromatic rings. The minimum atomic E-state index is -0.635. The second-order valence-electron chi connectivity index (χ2n) is 5.77. The fourth-order valence-electron chi connectivity index (χ4n) is 1.84. The second kappa shape index (κ2) is 4.32. The monoisotopic (exact) mass is 263 g/mol. The topological polar surface area (TPSA) is 68.7 Å². The number of Topliss-reactive ketones (excluding diaryl/α,β-unsaturated/α-hetero) is 1. The average molecular weight is 263 g/mol. The summed E-state index contributed by atoms with van der Waals surface area (Å²) in [5.74, 6) is -0.356. The van der Waals surface area contributed by atoms with Crippen LogP contribution in [0.1, 0.15) is 45.0 Å². The third kappa shape index (κ3) is 2.38. The highest BCUT2D eigenvalue weighted by Crippen LogP contribution is 2.36. The number of pyridine rings is 1. The van der Waals surface area contributed by atoms with Gasteiger partial charge in [0.1, 0.15) is 5.75 Å². The van der Waals surface area contributed by atoms with E-state index in [1.54, 1.807) is 0 Å². The van der Waals surface area contributed by atoms with Gasteiger partial charge in [-0.3, -0.25) is 9.78 Å². The molecule has 2 heterocycles. The number of hydrogen-bond acceptors (Lipinski definition) is 5. The Kier molecular flexibility index (Phi) is 3.19. The van der Waals surface area contributed by atoms with Crippen LogP contribution >= 0.6 is 0 Å². The van der Waals surface area contributed by atoms with Crippen LogP contribution in [0, 0.1) is 0 Å². The first kappa shape index (κ1) is 14.0. The van der Waals surface area contributed by atoms with Gasteiger partial charge in [-0.05, 0) is 40.7 Å². The largest absolute Gasteiger partial charge is 0.514 e. The van der Waals surface area contributed by atoms with Crippen molar-refractivity contribution in [3.05, 3.63) is 17.8 Å². The normalized spacial score (nSPS) is 20.6. The molecule has 0 saturated carbocycles. The van der Waals surface area contributed by atoms with Gasteiger partial charge >= 0.3 is 7.12 Å². The zero-order chi connectivity index (χ0) is 14.4. The minimum absolute atomic E-state index is 0.132. The molecule has 0 aliphatic carbocycles. The Balaban J connectivity index is 2.35. The van der Waals surface area contributed by atoms with E-state index in [0.717, 1.165) is 0 Å². The van der Waals surface area contributed by atoms with E-state index < -0.39 is 18.3 Å². The van der Waals surface area contributed by atoms with Crippen LogP contribution in [0.25, 0.3) is 0 Å². The predicted molar refractivity (Wildman–Crippen MR) is 71.6 cm³/mol. The Bertz CT molecular complexity index is 511. The first-order valence-electron chi connectivity index (χ1n) is 6.19. The average Bonchev–Trinajstić information content (AvgIpc) is 2.48. The van der Waals surface area contributed by atoms with Gasteiger partial charge < -0.3 is 14.4 Å². The molecule has 19 heavy (non-hydrogen) atoms. The first-order chi connectivity index (χ1) is 8.64. The molecule has 0 aromatic carbocycles. The third-order valence-electron chi connectivity index (χ3n) is 3.78. The molecule has 1 aromatic heterocycles. The van der Waals surface area contributed by atoms with Gasteiger partial charge in [0.2, 0.25) is 0 Å². The molecule has 1 aliphatic heterocycles. The summed E-state index contributed by atoms with van der Waals surface area (Å²) in [6.45, 7) is 9.17. The molecular formula is C13H18BNO4. The summed E-state index contributed by atoms with van der Waals surface area (Å²) in [6.07, 6.45) is 1.25. The van der Waals surface area contributed by atoms with Crippen LogP contribution in [0.2, 0.25) is 0 Å². The maximum absolute atomic E-state index is 11.4. The predicted octanol–water partition coefficient (Wildman–Crippen LogP) is 1.29. The molecule has 0 spiro atoms.